The zero-order chi connectivity index (χ0) is 14.5. The number of carbonyl (C=O) groups is 1. The van der Waals surface area contributed by atoms with Crippen LogP contribution in [-0.4, -0.2) is 6.03 Å². The average Bonchev–Trinajstić information content (AvgIpc) is 2.39. The summed E-state index contributed by atoms with van der Waals surface area (Å²) in [5.41, 5.74) is 10.6. The van der Waals surface area contributed by atoms with Crippen molar-refractivity contribution in [2.24, 2.45) is 5.73 Å². The lowest BCUT2D eigenvalue weighted by Crippen LogP contribution is -2.19. The van der Waals surface area contributed by atoms with Crippen molar-refractivity contribution in [3.8, 4) is 0 Å². The van der Waals surface area contributed by atoms with Gasteiger partial charge in [0.1, 0.15) is 0 Å². The highest BCUT2D eigenvalue weighted by Gasteiger charge is 2.00. The van der Waals surface area contributed by atoms with E-state index in [1.54, 1.807) is 0 Å². The minimum absolute atomic E-state index is 0.555. The molecule has 0 spiro atoms. The van der Waals surface area contributed by atoms with Crippen molar-refractivity contribution in [3.63, 3.8) is 0 Å². The van der Waals surface area contributed by atoms with Gasteiger partial charge in [0, 0.05) is 17.9 Å². The number of amides is 2. The second-order valence-electron chi connectivity index (χ2n) is 4.85. The lowest BCUT2D eigenvalue weighted by molar-refractivity contribution is 0.259. The number of carbonyl (C=O) groups excluding carboxylic acids is 1. The topological polar surface area (TPSA) is 67.2 Å². The number of rotatable bonds is 4. The molecule has 2 rings (SSSR count). The molecule has 104 valence electrons. The Balaban J connectivity index is 1.98. The van der Waals surface area contributed by atoms with Crippen molar-refractivity contribution in [2.75, 3.05) is 10.6 Å². The smallest absolute Gasteiger partial charge is 0.316 e. The summed E-state index contributed by atoms with van der Waals surface area (Å²) in [4.78, 5) is 10.7. The van der Waals surface area contributed by atoms with Crippen molar-refractivity contribution >= 4 is 17.4 Å². The van der Waals surface area contributed by atoms with Crippen LogP contribution >= 0.6 is 0 Å². The molecular weight excluding hydrogens is 250 g/mol. The van der Waals surface area contributed by atoms with Gasteiger partial charge in [-0.3, -0.25) is 0 Å². The summed E-state index contributed by atoms with van der Waals surface area (Å²) < 4.78 is 0. The van der Waals surface area contributed by atoms with E-state index < -0.39 is 6.03 Å². The van der Waals surface area contributed by atoms with Crippen LogP contribution in [0.3, 0.4) is 0 Å². The van der Waals surface area contributed by atoms with Crippen molar-refractivity contribution < 1.29 is 4.79 Å². The number of nitrogens with two attached hydrogens (primary N) is 1. The maximum Gasteiger partial charge on any atom is 0.316 e. The molecule has 0 aliphatic heterocycles. The fourth-order valence-corrected chi connectivity index (χ4v) is 2.06. The van der Waals surface area contributed by atoms with E-state index in [0.717, 1.165) is 12.2 Å². The molecule has 2 aromatic rings. The lowest BCUT2D eigenvalue weighted by atomic mass is 10.1. The number of benzene rings is 2. The Kier molecular flexibility index (Phi) is 4.25. The van der Waals surface area contributed by atoms with Crippen LogP contribution in [0.2, 0.25) is 0 Å². The van der Waals surface area contributed by atoms with Crippen molar-refractivity contribution in [1.82, 2.24) is 0 Å². The fourth-order valence-electron chi connectivity index (χ4n) is 2.06. The minimum Gasteiger partial charge on any atom is -0.381 e. The summed E-state index contributed by atoms with van der Waals surface area (Å²) in [6.07, 6.45) is 0. The first-order valence-corrected chi connectivity index (χ1v) is 6.51. The number of anilines is 2. The van der Waals surface area contributed by atoms with Crippen molar-refractivity contribution in [2.45, 2.75) is 20.4 Å². The zero-order valence-electron chi connectivity index (χ0n) is 11.7. The molecular formula is C16H19N3O. The predicted octanol–water partition coefficient (Wildman–Crippen LogP) is 3.41. The number of hydrogen-bond acceptors (Lipinski definition) is 2. The summed E-state index contributed by atoms with van der Waals surface area (Å²) in [6.45, 7) is 4.98. The zero-order valence-corrected chi connectivity index (χ0v) is 11.7. The summed E-state index contributed by atoms with van der Waals surface area (Å²) in [7, 11) is 0. The molecule has 4 nitrogen and oxygen atoms in total. The number of hydrogen-bond donors (Lipinski definition) is 3. The number of primary amides is 1. The van der Waals surface area contributed by atoms with Crippen molar-refractivity contribution in [3.05, 3.63) is 59.2 Å². The quantitative estimate of drug-likeness (QED) is 0.796. The van der Waals surface area contributed by atoms with E-state index in [4.69, 9.17) is 5.73 Å². The molecule has 0 heterocycles. The van der Waals surface area contributed by atoms with Gasteiger partial charge in [0.2, 0.25) is 0 Å². The number of nitrogens with one attached hydrogen (secondary N) is 2. The maximum atomic E-state index is 10.7. The predicted molar refractivity (Wildman–Crippen MR) is 82.9 cm³/mol. The second-order valence-corrected chi connectivity index (χ2v) is 4.85. The second kappa shape index (κ2) is 6.10. The molecule has 2 amide bonds. The van der Waals surface area contributed by atoms with Gasteiger partial charge in [0.15, 0.2) is 0 Å². The maximum absolute atomic E-state index is 10.7. The van der Waals surface area contributed by atoms with Crippen LogP contribution in [0.25, 0.3) is 0 Å². The summed E-state index contributed by atoms with van der Waals surface area (Å²) in [5.74, 6) is 0. The summed E-state index contributed by atoms with van der Waals surface area (Å²) in [5, 5.41) is 5.89. The molecule has 0 atom stereocenters. The summed E-state index contributed by atoms with van der Waals surface area (Å²) in [6, 6.07) is 13.3. The Bertz CT molecular complexity index is 606. The first kappa shape index (κ1) is 13.9. The largest absolute Gasteiger partial charge is 0.381 e. The Morgan fingerprint density at radius 2 is 1.70 bits per heavy atom. The molecule has 0 saturated carbocycles. The Morgan fingerprint density at radius 1 is 1.05 bits per heavy atom. The number of urea groups is 1. The third-order valence-corrected chi connectivity index (χ3v) is 3.13. The van der Waals surface area contributed by atoms with E-state index in [1.165, 1.54) is 16.7 Å². The Hall–Kier alpha value is -2.49. The van der Waals surface area contributed by atoms with E-state index in [2.05, 4.69) is 42.7 Å². The highest BCUT2D eigenvalue weighted by molar-refractivity contribution is 5.87. The normalized spacial score (nSPS) is 10.1. The molecule has 0 unspecified atom stereocenters. The molecule has 4 heteroatoms. The molecule has 0 aliphatic rings. The minimum atomic E-state index is -0.555. The van der Waals surface area contributed by atoms with E-state index in [9.17, 15) is 4.79 Å². The molecule has 20 heavy (non-hydrogen) atoms. The molecule has 2 aromatic carbocycles. The first-order valence-electron chi connectivity index (χ1n) is 6.51. The van der Waals surface area contributed by atoms with Gasteiger partial charge in [-0.25, -0.2) is 4.79 Å². The van der Waals surface area contributed by atoms with Gasteiger partial charge < -0.3 is 16.4 Å². The van der Waals surface area contributed by atoms with E-state index >= 15 is 0 Å². The van der Waals surface area contributed by atoms with Gasteiger partial charge >= 0.3 is 6.03 Å². The van der Waals surface area contributed by atoms with Gasteiger partial charge in [0.25, 0.3) is 0 Å². The fraction of sp³-hybridized carbons (Fsp3) is 0.188. The number of aryl methyl sites for hydroxylation is 2. The van der Waals surface area contributed by atoms with Crippen LogP contribution in [-0.2, 0) is 6.54 Å². The van der Waals surface area contributed by atoms with Gasteiger partial charge in [0.05, 0.1) is 0 Å². The van der Waals surface area contributed by atoms with Crippen LogP contribution in [0.4, 0.5) is 16.2 Å². The van der Waals surface area contributed by atoms with Crippen LogP contribution in [0.1, 0.15) is 16.7 Å². The van der Waals surface area contributed by atoms with E-state index in [0.29, 0.717) is 5.69 Å². The molecule has 0 saturated heterocycles. The molecule has 4 N–H and O–H groups in total. The highest BCUT2D eigenvalue weighted by atomic mass is 16.2. The summed E-state index contributed by atoms with van der Waals surface area (Å²) >= 11 is 0. The molecule has 0 aliphatic carbocycles. The van der Waals surface area contributed by atoms with Crippen LogP contribution in [0, 0.1) is 13.8 Å². The van der Waals surface area contributed by atoms with E-state index in [1.807, 2.05) is 24.3 Å². The van der Waals surface area contributed by atoms with Crippen LogP contribution < -0.4 is 16.4 Å². The highest BCUT2D eigenvalue weighted by Crippen LogP contribution is 2.16. The van der Waals surface area contributed by atoms with Crippen molar-refractivity contribution in [1.29, 1.82) is 0 Å². The standard InChI is InChI=1S/C16H19N3O/c1-11-3-4-13(12(2)9-11)10-18-14-5-7-15(8-6-14)19-16(17)20/h3-9,18H,10H2,1-2H3,(H3,17,19,20). The van der Waals surface area contributed by atoms with Gasteiger partial charge in [-0.1, -0.05) is 23.8 Å². The molecule has 0 radical (unpaired) electrons. The van der Waals surface area contributed by atoms with Gasteiger partial charge in [-0.2, -0.15) is 0 Å². The third kappa shape index (κ3) is 3.75. The average molecular weight is 269 g/mol. The van der Waals surface area contributed by atoms with Crippen LogP contribution in [0.5, 0.6) is 0 Å². The van der Waals surface area contributed by atoms with Gasteiger partial charge in [-0.15, -0.1) is 0 Å². The lowest BCUT2D eigenvalue weighted by Gasteiger charge is -2.10. The SMILES string of the molecule is Cc1ccc(CNc2ccc(NC(N)=O)cc2)c(C)c1. The van der Waals surface area contributed by atoms with E-state index in [-0.39, 0.29) is 0 Å². The van der Waals surface area contributed by atoms with Gasteiger partial charge in [-0.05, 0) is 49.2 Å². The Labute approximate surface area is 119 Å². The Morgan fingerprint density at radius 3 is 2.30 bits per heavy atom. The first-order chi connectivity index (χ1) is 9.54. The third-order valence-electron chi connectivity index (χ3n) is 3.13. The molecule has 0 aromatic heterocycles. The van der Waals surface area contributed by atoms with Crippen LogP contribution in [0.15, 0.2) is 42.5 Å². The molecule has 0 fully saturated rings. The monoisotopic (exact) mass is 269 g/mol. The molecule has 0 bridgehead atoms.